The lowest BCUT2D eigenvalue weighted by Crippen LogP contribution is -2.44. The lowest BCUT2D eigenvalue weighted by molar-refractivity contribution is 0.0951. The number of hydrogen-bond acceptors (Lipinski definition) is 4. The van der Waals surface area contributed by atoms with E-state index in [1.165, 1.54) is 0 Å². The summed E-state index contributed by atoms with van der Waals surface area (Å²) >= 11 is 6.29. The summed E-state index contributed by atoms with van der Waals surface area (Å²) in [5.74, 6) is -0.815. The molecule has 4 nitrogen and oxygen atoms in total. The molecule has 4 aromatic rings. The van der Waals surface area contributed by atoms with Crippen molar-refractivity contribution in [2.24, 2.45) is 5.41 Å². The van der Waals surface area contributed by atoms with Crippen LogP contribution in [0.4, 0.5) is 5.69 Å². The zero-order chi connectivity index (χ0) is 24.9. The fourth-order valence-electron chi connectivity index (χ4n) is 5.90. The van der Waals surface area contributed by atoms with Crippen molar-refractivity contribution in [3.8, 4) is 12.1 Å². The first kappa shape index (κ1) is 22.1. The summed E-state index contributed by atoms with van der Waals surface area (Å²) < 4.78 is 0. The van der Waals surface area contributed by atoms with Crippen LogP contribution in [0.3, 0.4) is 0 Å². The van der Waals surface area contributed by atoms with Gasteiger partial charge in [0.05, 0.1) is 18.2 Å². The molecule has 0 aromatic heterocycles. The third-order valence-corrected chi connectivity index (χ3v) is 7.69. The molecule has 6 rings (SSSR count). The van der Waals surface area contributed by atoms with E-state index < -0.39 is 23.4 Å². The molecule has 4 aromatic carbocycles. The van der Waals surface area contributed by atoms with Gasteiger partial charge in [-0.05, 0) is 40.1 Å². The molecule has 3 atom stereocenters. The number of halogens is 1. The van der Waals surface area contributed by atoms with Crippen LogP contribution in [0.5, 0.6) is 0 Å². The van der Waals surface area contributed by atoms with Crippen molar-refractivity contribution in [1.29, 1.82) is 10.5 Å². The van der Waals surface area contributed by atoms with E-state index >= 15 is 0 Å². The second-order valence-electron chi connectivity index (χ2n) is 9.23. The Balaban J connectivity index is 1.68. The van der Waals surface area contributed by atoms with Gasteiger partial charge in [0, 0.05) is 22.2 Å². The molecule has 2 aliphatic heterocycles. The van der Waals surface area contributed by atoms with Crippen LogP contribution in [-0.4, -0.2) is 17.9 Å². The first-order chi connectivity index (χ1) is 17.6. The van der Waals surface area contributed by atoms with E-state index in [4.69, 9.17) is 11.6 Å². The van der Waals surface area contributed by atoms with Crippen LogP contribution in [0.25, 0.3) is 16.8 Å². The standard InChI is InChI=1S/C31H20ClN3O/c32-23-14-15-26-22(17-23)13-16-27-31(18-33,19-34)28(25-12-6-10-20-7-4-5-11-24(20)25)29(35(26)27)30(36)21-8-2-1-3-9-21/h1-17,27-29H. The van der Waals surface area contributed by atoms with Crippen molar-refractivity contribution in [3.05, 3.63) is 119 Å². The maximum Gasteiger partial charge on any atom is 0.185 e. The zero-order valence-corrected chi connectivity index (χ0v) is 19.9. The SMILES string of the molecule is N#CC1(C#N)C(c2cccc3ccccc23)C(C(=O)c2ccccc2)N2c3ccc(Cl)cc3C=CC21. The van der Waals surface area contributed by atoms with Crippen LogP contribution in [0.2, 0.25) is 5.02 Å². The number of nitriles is 2. The number of anilines is 1. The number of hydrogen-bond donors (Lipinski definition) is 0. The first-order valence-electron chi connectivity index (χ1n) is 11.7. The van der Waals surface area contributed by atoms with E-state index in [0.717, 1.165) is 27.6 Å². The van der Waals surface area contributed by atoms with Gasteiger partial charge in [0.15, 0.2) is 11.2 Å². The Bertz CT molecular complexity index is 1610. The number of Topliss-reactive ketones (excluding diaryl/α,β-unsaturated/α-hetero) is 1. The van der Waals surface area contributed by atoms with E-state index in [-0.39, 0.29) is 5.78 Å². The monoisotopic (exact) mass is 485 g/mol. The minimum Gasteiger partial charge on any atom is -0.351 e. The van der Waals surface area contributed by atoms with Crippen LogP contribution in [0.15, 0.2) is 97.1 Å². The molecule has 172 valence electrons. The largest absolute Gasteiger partial charge is 0.351 e. The van der Waals surface area contributed by atoms with E-state index in [1.807, 2.05) is 89.8 Å². The number of carbonyl (C=O) groups excluding carboxylic acids is 1. The molecule has 0 N–H and O–H groups in total. The van der Waals surface area contributed by atoms with Crippen molar-refractivity contribution >= 4 is 39.9 Å². The van der Waals surface area contributed by atoms with Crippen molar-refractivity contribution in [2.75, 3.05) is 4.90 Å². The van der Waals surface area contributed by atoms with E-state index in [0.29, 0.717) is 10.6 Å². The number of fused-ring (bicyclic) bond motifs is 4. The fourth-order valence-corrected chi connectivity index (χ4v) is 6.08. The predicted molar refractivity (Wildman–Crippen MR) is 142 cm³/mol. The summed E-state index contributed by atoms with van der Waals surface area (Å²) in [4.78, 5) is 16.3. The predicted octanol–water partition coefficient (Wildman–Crippen LogP) is 6.78. The summed E-state index contributed by atoms with van der Waals surface area (Å²) in [5, 5.41) is 23.8. The van der Waals surface area contributed by atoms with Gasteiger partial charge in [-0.2, -0.15) is 10.5 Å². The number of carbonyl (C=O) groups is 1. The van der Waals surface area contributed by atoms with Crippen molar-refractivity contribution < 1.29 is 4.79 Å². The molecule has 0 radical (unpaired) electrons. The number of benzene rings is 4. The van der Waals surface area contributed by atoms with E-state index in [2.05, 4.69) is 12.1 Å². The minimum atomic E-state index is -1.49. The minimum absolute atomic E-state index is 0.123. The topological polar surface area (TPSA) is 67.9 Å². The van der Waals surface area contributed by atoms with Gasteiger partial charge in [0.2, 0.25) is 0 Å². The highest BCUT2D eigenvalue weighted by Crippen LogP contribution is 2.56. The third kappa shape index (κ3) is 3.09. The fraction of sp³-hybridized carbons (Fsp3) is 0.129. The Morgan fingerprint density at radius 3 is 2.39 bits per heavy atom. The van der Waals surface area contributed by atoms with Crippen LogP contribution in [0.1, 0.15) is 27.4 Å². The molecule has 1 saturated heterocycles. The molecule has 0 saturated carbocycles. The van der Waals surface area contributed by atoms with Crippen LogP contribution in [-0.2, 0) is 0 Å². The van der Waals surface area contributed by atoms with Crippen LogP contribution < -0.4 is 4.90 Å². The van der Waals surface area contributed by atoms with E-state index in [9.17, 15) is 15.3 Å². The summed E-state index contributed by atoms with van der Waals surface area (Å²) in [6, 6.07) is 31.8. The number of ketones is 1. The third-order valence-electron chi connectivity index (χ3n) is 7.45. The molecule has 0 spiro atoms. The average Bonchev–Trinajstić information content (AvgIpc) is 3.23. The van der Waals surface area contributed by atoms with Gasteiger partial charge in [0.25, 0.3) is 0 Å². The zero-order valence-electron chi connectivity index (χ0n) is 19.2. The Morgan fingerprint density at radius 1 is 0.889 bits per heavy atom. The van der Waals surface area contributed by atoms with Gasteiger partial charge in [0.1, 0.15) is 6.04 Å². The molecule has 2 heterocycles. The van der Waals surface area contributed by atoms with Crippen LogP contribution in [0, 0.1) is 28.1 Å². The van der Waals surface area contributed by atoms with Gasteiger partial charge in [-0.3, -0.25) is 4.79 Å². The van der Waals surface area contributed by atoms with Crippen molar-refractivity contribution in [3.63, 3.8) is 0 Å². The molecule has 0 bridgehead atoms. The molecule has 36 heavy (non-hydrogen) atoms. The quantitative estimate of drug-likeness (QED) is 0.300. The molecule has 5 heteroatoms. The molecular weight excluding hydrogens is 466 g/mol. The van der Waals surface area contributed by atoms with E-state index in [1.54, 1.807) is 18.2 Å². The second kappa shape index (κ2) is 8.38. The highest BCUT2D eigenvalue weighted by atomic mass is 35.5. The molecule has 3 unspecified atom stereocenters. The lowest BCUT2D eigenvalue weighted by atomic mass is 9.68. The summed E-state index contributed by atoms with van der Waals surface area (Å²) in [6.45, 7) is 0. The normalized spacial score (nSPS) is 21.3. The van der Waals surface area contributed by atoms with Gasteiger partial charge in [-0.25, -0.2) is 0 Å². The maximum absolute atomic E-state index is 14.3. The maximum atomic E-state index is 14.3. The van der Waals surface area contributed by atoms with Gasteiger partial charge in [-0.15, -0.1) is 0 Å². The highest BCUT2D eigenvalue weighted by molar-refractivity contribution is 6.30. The van der Waals surface area contributed by atoms with Gasteiger partial charge >= 0.3 is 0 Å². The second-order valence-corrected chi connectivity index (χ2v) is 9.66. The summed E-state index contributed by atoms with van der Waals surface area (Å²) in [7, 11) is 0. The molecule has 2 aliphatic rings. The lowest BCUT2D eigenvalue weighted by Gasteiger charge is -2.35. The van der Waals surface area contributed by atoms with Crippen molar-refractivity contribution in [2.45, 2.75) is 18.0 Å². The Labute approximate surface area is 214 Å². The first-order valence-corrected chi connectivity index (χ1v) is 12.1. The summed E-state index contributed by atoms with van der Waals surface area (Å²) in [5.41, 5.74) is 1.52. The number of nitrogens with zero attached hydrogens (tertiary/aromatic N) is 3. The van der Waals surface area contributed by atoms with Gasteiger partial charge < -0.3 is 4.90 Å². The van der Waals surface area contributed by atoms with Crippen LogP contribution >= 0.6 is 11.6 Å². The smallest absolute Gasteiger partial charge is 0.185 e. The average molecular weight is 486 g/mol. The van der Waals surface area contributed by atoms with Gasteiger partial charge in [-0.1, -0.05) is 96.5 Å². The Kier molecular flexibility index (Phi) is 5.15. The molecule has 0 amide bonds. The highest BCUT2D eigenvalue weighted by Gasteiger charge is 2.63. The Morgan fingerprint density at radius 2 is 1.61 bits per heavy atom. The molecule has 0 aliphatic carbocycles. The van der Waals surface area contributed by atoms with Crippen molar-refractivity contribution in [1.82, 2.24) is 0 Å². The number of rotatable bonds is 3. The Hall–Kier alpha value is -4.38. The molecular formula is C31H20ClN3O. The molecule has 1 fully saturated rings. The summed E-state index contributed by atoms with van der Waals surface area (Å²) in [6.07, 6.45) is 3.78.